The van der Waals surface area contributed by atoms with Crippen molar-refractivity contribution in [1.82, 2.24) is 14.8 Å². The number of anilines is 1. The number of aromatic nitrogens is 3. The molecule has 0 aliphatic rings. The highest BCUT2D eigenvalue weighted by Gasteiger charge is 2.21. The standard InChI is InChI=1S/C22H26N4O6S/c1-14(2)33(29,30)21-6-5-17(12-23-21)32-19-10-16(9-18(11-19)31-15(3)13-27)22(28)24-20-7-8-26(4)25-20/h5-12,14-15,27H,13H2,1-4H3,(H,24,25,28). The highest BCUT2D eigenvalue weighted by atomic mass is 32.2. The number of aliphatic hydroxyl groups is 1. The lowest BCUT2D eigenvalue weighted by atomic mass is 10.2. The maximum atomic E-state index is 12.8. The molecule has 0 fully saturated rings. The van der Waals surface area contributed by atoms with E-state index >= 15 is 0 Å². The van der Waals surface area contributed by atoms with E-state index in [1.54, 1.807) is 50.8 Å². The molecule has 0 saturated carbocycles. The number of carbonyl (C=O) groups is 1. The molecule has 1 amide bonds. The molecule has 2 heterocycles. The maximum Gasteiger partial charge on any atom is 0.257 e. The molecule has 3 aromatic rings. The van der Waals surface area contributed by atoms with Gasteiger partial charge in [-0.25, -0.2) is 13.4 Å². The first-order valence-electron chi connectivity index (χ1n) is 10.2. The number of sulfone groups is 1. The van der Waals surface area contributed by atoms with Crippen molar-refractivity contribution in [1.29, 1.82) is 0 Å². The van der Waals surface area contributed by atoms with Crippen LogP contribution in [0.2, 0.25) is 0 Å². The lowest BCUT2D eigenvalue weighted by molar-refractivity contribution is 0.102. The Hall–Kier alpha value is -3.44. The van der Waals surface area contributed by atoms with E-state index in [1.807, 2.05) is 0 Å². The Morgan fingerprint density at radius 2 is 1.85 bits per heavy atom. The predicted octanol–water partition coefficient (Wildman–Crippen LogP) is 2.80. The zero-order valence-corrected chi connectivity index (χ0v) is 19.5. The SMILES string of the molecule is CC(CO)Oc1cc(Oc2ccc(S(=O)(=O)C(C)C)nc2)cc(C(=O)Nc2ccn(C)n2)c1. The van der Waals surface area contributed by atoms with Gasteiger partial charge in [0, 0.05) is 30.9 Å². The summed E-state index contributed by atoms with van der Waals surface area (Å²) < 4.78 is 37.5. The number of pyridine rings is 1. The number of rotatable bonds is 9. The van der Waals surface area contributed by atoms with Gasteiger partial charge in [0.2, 0.25) is 0 Å². The number of hydrogen-bond donors (Lipinski definition) is 2. The summed E-state index contributed by atoms with van der Waals surface area (Å²) >= 11 is 0. The lowest BCUT2D eigenvalue weighted by Crippen LogP contribution is -2.17. The minimum absolute atomic E-state index is 0.0471. The molecule has 0 spiro atoms. The maximum absolute atomic E-state index is 12.8. The zero-order valence-electron chi connectivity index (χ0n) is 18.7. The molecule has 2 aromatic heterocycles. The van der Waals surface area contributed by atoms with Gasteiger partial charge in [-0.05, 0) is 45.0 Å². The summed E-state index contributed by atoms with van der Waals surface area (Å²) in [6, 6.07) is 9.10. The second-order valence-electron chi connectivity index (χ2n) is 7.66. The fourth-order valence-electron chi connectivity index (χ4n) is 2.74. The van der Waals surface area contributed by atoms with Crippen molar-refractivity contribution in [2.75, 3.05) is 11.9 Å². The summed E-state index contributed by atoms with van der Waals surface area (Å²) in [5.41, 5.74) is 0.241. The van der Waals surface area contributed by atoms with Gasteiger partial charge in [0.15, 0.2) is 20.7 Å². The Labute approximate surface area is 192 Å². The van der Waals surface area contributed by atoms with Crippen molar-refractivity contribution >= 4 is 21.6 Å². The average Bonchev–Trinajstić information content (AvgIpc) is 3.18. The molecular weight excluding hydrogens is 448 g/mol. The lowest BCUT2D eigenvalue weighted by Gasteiger charge is -2.15. The summed E-state index contributed by atoms with van der Waals surface area (Å²) in [6.07, 6.45) is 2.49. The van der Waals surface area contributed by atoms with E-state index in [9.17, 15) is 18.3 Å². The summed E-state index contributed by atoms with van der Waals surface area (Å²) in [5, 5.41) is 15.5. The van der Waals surface area contributed by atoms with Gasteiger partial charge in [-0.15, -0.1) is 0 Å². The quantitative estimate of drug-likeness (QED) is 0.484. The number of amides is 1. The van der Waals surface area contributed by atoms with Crippen LogP contribution in [0.1, 0.15) is 31.1 Å². The number of nitrogens with one attached hydrogen (secondary N) is 1. The van der Waals surface area contributed by atoms with Gasteiger partial charge in [-0.2, -0.15) is 5.10 Å². The van der Waals surface area contributed by atoms with E-state index < -0.39 is 27.1 Å². The van der Waals surface area contributed by atoms with Crippen LogP contribution in [0.15, 0.2) is 53.8 Å². The molecule has 2 N–H and O–H groups in total. The Balaban J connectivity index is 1.87. The molecule has 3 rings (SSSR count). The number of benzene rings is 1. The number of aliphatic hydroxyl groups excluding tert-OH is 1. The minimum Gasteiger partial charge on any atom is -0.488 e. The summed E-state index contributed by atoms with van der Waals surface area (Å²) in [5.74, 6) is 0.807. The molecular formula is C22H26N4O6S. The third-order valence-electron chi connectivity index (χ3n) is 4.55. The fraction of sp³-hybridized carbons (Fsp3) is 0.318. The van der Waals surface area contributed by atoms with Crippen LogP contribution >= 0.6 is 0 Å². The summed E-state index contributed by atoms with van der Waals surface area (Å²) in [4.78, 5) is 16.8. The molecule has 10 nitrogen and oxygen atoms in total. The van der Waals surface area contributed by atoms with Gasteiger partial charge in [0.1, 0.15) is 23.4 Å². The van der Waals surface area contributed by atoms with E-state index in [0.29, 0.717) is 11.6 Å². The molecule has 33 heavy (non-hydrogen) atoms. The number of aryl methyl sites for hydroxylation is 1. The fourth-order valence-corrected chi connectivity index (χ4v) is 3.68. The Bertz CT molecular complexity index is 1220. The molecule has 1 unspecified atom stereocenters. The third kappa shape index (κ3) is 6.08. The molecule has 1 aromatic carbocycles. The van der Waals surface area contributed by atoms with Crippen molar-refractivity contribution in [2.45, 2.75) is 37.2 Å². The van der Waals surface area contributed by atoms with E-state index in [0.717, 1.165) is 0 Å². The van der Waals surface area contributed by atoms with Crippen LogP contribution in [0.5, 0.6) is 17.2 Å². The molecule has 176 valence electrons. The second-order valence-corrected chi connectivity index (χ2v) is 10.1. The summed E-state index contributed by atoms with van der Waals surface area (Å²) in [6.45, 7) is 4.63. The van der Waals surface area contributed by atoms with Gasteiger partial charge in [-0.3, -0.25) is 9.48 Å². The largest absolute Gasteiger partial charge is 0.488 e. The Morgan fingerprint density at radius 1 is 1.12 bits per heavy atom. The Morgan fingerprint density at radius 3 is 2.42 bits per heavy atom. The van der Waals surface area contributed by atoms with Crippen LogP contribution in [0.4, 0.5) is 5.82 Å². The Kier molecular flexibility index (Phi) is 7.34. The normalized spacial score (nSPS) is 12.4. The molecule has 0 saturated heterocycles. The van der Waals surface area contributed by atoms with E-state index in [1.165, 1.54) is 30.5 Å². The first-order valence-corrected chi connectivity index (χ1v) is 11.7. The topological polar surface area (TPSA) is 133 Å². The van der Waals surface area contributed by atoms with Gasteiger partial charge in [0.25, 0.3) is 5.91 Å². The number of hydrogen-bond acceptors (Lipinski definition) is 8. The highest BCUT2D eigenvalue weighted by molar-refractivity contribution is 7.91. The van der Waals surface area contributed by atoms with Crippen LogP contribution < -0.4 is 14.8 Å². The second kappa shape index (κ2) is 10.0. The van der Waals surface area contributed by atoms with Crippen LogP contribution in [-0.2, 0) is 16.9 Å². The van der Waals surface area contributed by atoms with Crippen LogP contribution in [0.3, 0.4) is 0 Å². The van der Waals surface area contributed by atoms with Gasteiger partial charge < -0.3 is 19.9 Å². The first-order chi connectivity index (χ1) is 15.6. The van der Waals surface area contributed by atoms with E-state index in [-0.39, 0.29) is 28.7 Å². The number of ether oxygens (including phenoxy) is 2. The number of carbonyl (C=O) groups excluding carboxylic acids is 1. The van der Waals surface area contributed by atoms with Gasteiger partial charge in [-0.1, -0.05) is 0 Å². The molecule has 0 radical (unpaired) electrons. The average molecular weight is 475 g/mol. The van der Waals surface area contributed by atoms with Crippen molar-refractivity contribution < 1.29 is 27.8 Å². The van der Waals surface area contributed by atoms with E-state index in [2.05, 4.69) is 15.4 Å². The zero-order chi connectivity index (χ0) is 24.2. The van der Waals surface area contributed by atoms with E-state index in [4.69, 9.17) is 9.47 Å². The minimum atomic E-state index is -3.51. The molecule has 0 bridgehead atoms. The smallest absolute Gasteiger partial charge is 0.257 e. The van der Waals surface area contributed by atoms with Crippen molar-refractivity contribution in [3.8, 4) is 17.2 Å². The van der Waals surface area contributed by atoms with Crippen LogP contribution in [0, 0.1) is 0 Å². The van der Waals surface area contributed by atoms with Crippen molar-refractivity contribution in [3.05, 3.63) is 54.4 Å². The number of nitrogens with zero attached hydrogens (tertiary/aromatic N) is 3. The van der Waals surface area contributed by atoms with Crippen molar-refractivity contribution in [2.24, 2.45) is 7.05 Å². The van der Waals surface area contributed by atoms with Crippen LogP contribution in [0.25, 0.3) is 0 Å². The van der Waals surface area contributed by atoms with Gasteiger partial charge in [0.05, 0.1) is 18.1 Å². The third-order valence-corrected chi connectivity index (χ3v) is 6.61. The molecule has 11 heteroatoms. The highest BCUT2D eigenvalue weighted by Crippen LogP contribution is 2.29. The monoisotopic (exact) mass is 474 g/mol. The molecule has 0 aliphatic carbocycles. The molecule has 1 atom stereocenters. The van der Waals surface area contributed by atoms with Gasteiger partial charge >= 0.3 is 0 Å². The van der Waals surface area contributed by atoms with Crippen molar-refractivity contribution in [3.63, 3.8) is 0 Å². The van der Waals surface area contributed by atoms with Crippen LogP contribution in [-0.4, -0.2) is 52.2 Å². The molecule has 0 aliphatic heterocycles. The first kappa shape index (κ1) is 24.2. The predicted molar refractivity (Wildman–Crippen MR) is 121 cm³/mol. The summed E-state index contributed by atoms with van der Waals surface area (Å²) in [7, 11) is -1.77.